The van der Waals surface area contributed by atoms with Crippen molar-refractivity contribution in [2.24, 2.45) is 0 Å². The van der Waals surface area contributed by atoms with Crippen molar-refractivity contribution in [1.82, 2.24) is 10.6 Å². The van der Waals surface area contributed by atoms with E-state index in [4.69, 9.17) is 0 Å². The Hall–Kier alpha value is -1.06. The average Bonchev–Trinajstić information content (AvgIpc) is 2.04. The van der Waals surface area contributed by atoms with Crippen molar-refractivity contribution in [3.63, 3.8) is 0 Å². The van der Waals surface area contributed by atoms with Crippen LogP contribution in [-0.4, -0.2) is 24.9 Å². The molecule has 2 saturated heterocycles. The summed E-state index contributed by atoms with van der Waals surface area (Å²) in [5, 5.41) is 5.31. The Morgan fingerprint density at radius 1 is 0.833 bits per heavy atom. The van der Waals surface area contributed by atoms with Crippen molar-refractivity contribution in [1.29, 1.82) is 0 Å². The van der Waals surface area contributed by atoms with Crippen LogP contribution in [0.25, 0.3) is 0 Å². The number of amides is 2. The number of β-lactam (4-membered cyclic amide) rings is 1. The van der Waals surface area contributed by atoms with Gasteiger partial charge in [0, 0.05) is 25.9 Å². The fraction of sp³-hybridized carbons (Fsp3) is 0.750. The molecular weight excluding hydrogens is 156 g/mol. The van der Waals surface area contributed by atoms with Gasteiger partial charge in [-0.25, -0.2) is 0 Å². The number of rotatable bonds is 0. The summed E-state index contributed by atoms with van der Waals surface area (Å²) in [5.74, 6) is 0.399. The van der Waals surface area contributed by atoms with Crippen molar-refractivity contribution < 1.29 is 9.59 Å². The second kappa shape index (κ2) is 4.74. The van der Waals surface area contributed by atoms with E-state index in [1.54, 1.807) is 0 Å². The lowest BCUT2D eigenvalue weighted by Gasteiger charge is -2.10. The summed E-state index contributed by atoms with van der Waals surface area (Å²) in [6.07, 6.45) is 3.71. The zero-order valence-corrected chi connectivity index (χ0v) is 7.06. The zero-order valence-electron chi connectivity index (χ0n) is 7.06. The van der Waals surface area contributed by atoms with E-state index in [-0.39, 0.29) is 11.8 Å². The second-order valence-corrected chi connectivity index (χ2v) is 2.91. The van der Waals surface area contributed by atoms with Crippen molar-refractivity contribution in [2.75, 3.05) is 13.1 Å². The monoisotopic (exact) mass is 170 g/mol. The Balaban J connectivity index is 0.000000127. The van der Waals surface area contributed by atoms with Crippen LogP contribution in [0.5, 0.6) is 0 Å². The van der Waals surface area contributed by atoms with Gasteiger partial charge in [-0.2, -0.15) is 0 Å². The number of carbonyl (C=O) groups excluding carboxylic acids is 2. The van der Waals surface area contributed by atoms with Crippen LogP contribution in [0, 0.1) is 0 Å². The van der Waals surface area contributed by atoms with Crippen LogP contribution in [0.4, 0.5) is 0 Å². The van der Waals surface area contributed by atoms with Crippen LogP contribution in [0.2, 0.25) is 0 Å². The molecule has 2 heterocycles. The lowest BCUT2D eigenvalue weighted by Crippen LogP contribution is -2.37. The van der Waals surface area contributed by atoms with Crippen molar-refractivity contribution in [3.8, 4) is 0 Å². The normalized spacial score (nSPS) is 21.0. The SMILES string of the molecule is O=C1CCCCN1.O=C1CCN1. The molecule has 2 aliphatic rings. The fourth-order valence-corrected chi connectivity index (χ4v) is 0.954. The summed E-state index contributed by atoms with van der Waals surface area (Å²) in [5.41, 5.74) is 0. The molecule has 4 nitrogen and oxygen atoms in total. The van der Waals surface area contributed by atoms with E-state index in [9.17, 15) is 9.59 Å². The molecule has 0 atom stereocenters. The topological polar surface area (TPSA) is 58.2 Å². The molecule has 2 aliphatic heterocycles. The molecule has 0 aromatic rings. The smallest absolute Gasteiger partial charge is 0.221 e. The van der Waals surface area contributed by atoms with E-state index in [1.165, 1.54) is 0 Å². The van der Waals surface area contributed by atoms with Crippen LogP contribution in [0.1, 0.15) is 25.7 Å². The van der Waals surface area contributed by atoms with Gasteiger partial charge < -0.3 is 10.6 Å². The molecule has 2 amide bonds. The summed E-state index contributed by atoms with van der Waals surface area (Å²) >= 11 is 0. The van der Waals surface area contributed by atoms with Crippen LogP contribution in [0.3, 0.4) is 0 Å². The van der Waals surface area contributed by atoms with Crippen LogP contribution < -0.4 is 10.6 Å². The molecule has 68 valence electrons. The van der Waals surface area contributed by atoms with Gasteiger partial charge in [-0.15, -0.1) is 0 Å². The molecule has 0 spiro atoms. The van der Waals surface area contributed by atoms with E-state index in [1.807, 2.05) is 0 Å². The predicted octanol–water partition coefficient (Wildman–Crippen LogP) is -0.207. The lowest BCUT2D eigenvalue weighted by atomic mass is 10.2. The highest BCUT2D eigenvalue weighted by molar-refractivity contribution is 5.81. The van der Waals surface area contributed by atoms with Crippen molar-refractivity contribution >= 4 is 11.8 Å². The van der Waals surface area contributed by atoms with Gasteiger partial charge in [-0.05, 0) is 12.8 Å². The highest BCUT2D eigenvalue weighted by Crippen LogP contribution is 1.98. The van der Waals surface area contributed by atoms with Gasteiger partial charge in [0.25, 0.3) is 0 Å². The fourth-order valence-electron chi connectivity index (χ4n) is 0.954. The third-order valence-corrected chi connectivity index (χ3v) is 1.83. The molecule has 2 N–H and O–H groups in total. The van der Waals surface area contributed by atoms with Crippen LogP contribution in [0.15, 0.2) is 0 Å². The molecule has 2 fully saturated rings. The highest BCUT2D eigenvalue weighted by atomic mass is 16.2. The van der Waals surface area contributed by atoms with Gasteiger partial charge >= 0.3 is 0 Å². The first-order valence-electron chi connectivity index (χ1n) is 4.32. The number of hydrogen-bond acceptors (Lipinski definition) is 2. The quantitative estimate of drug-likeness (QED) is 0.494. The maximum atomic E-state index is 10.4. The number of carbonyl (C=O) groups is 2. The Bertz CT molecular complexity index is 166. The highest BCUT2D eigenvalue weighted by Gasteiger charge is 2.07. The number of hydrogen-bond donors (Lipinski definition) is 2. The third-order valence-electron chi connectivity index (χ3n) is 1.83. The maximum Gasteiger partial charge on any atom is 0.221 e. The molecule has 2 rings (SSSR count). The first kappa shape index (κ1) is 9.03. The molecule has 0 aromatic carbocycles. The van der Waals surface area contributed by atoms with Gasteiger partial charge in [-0.3, -0.25) is 9.59 Å². The first-order chi connectivity index (χ1) is 5.79. The molecular formula is C8H14N2O2. The second-order valence-electron chi connectivity index (χ2n) is 2.91. The van der Waals surface area contributed by atoms with E-state index >= 15 is 0 Å². The van der Waals surface area contributed by atoms with E-state index in [0.29, 0.717) is 0 Å². The summed E-state index contributed by atoms with van der Waals surface area (Å²) in [4.78, 5) is 20.1. The summed E-state index contributed by atoms with van der Waals surface area (Å²) in [6.45, 7) is 1.78. The minimum Gasteiger partial charge on any atom is -0.356 e. The number of nitrogens with one attached hydrogen (secondary N) is 2. The van der Waals surface area contributed by atoms with Gasteiger partial charge in [-0.1, -0.05) is 0 Å². The standard InChI is InChI=1S/C5H9NO.C3H5NO/c7-5-3-1-2-4-6-5;5-3-1-2-4-3/h1-4H2,(H,6,7);1-2H2,(H,4,5). The summed E-state index contributed by atoms with van der Waals surface area (Å²) < 4.78 is 0. The summed E-state index contributed by atoms with van der Waals surface area (Å²) in [7, 11) is 0. The minimum absolute atomic E-state index is 0.185. The Kier molecular flexibility index (Phi) is 3.57. The van der Waals surface area contributed by atoms with E-state index in [0.717, 1.165) is 38.8 Å². The minimum atomic E-state index is 0.185. The molecule has 0 aromatic heterocycles. The third kappa shape index (κ3) is 3.37. The Labute approximate surface area is 71.7 Å². The molecule has 0 aliphatic carbocycles. The molecule has 0 saturated carbocycles. The van der Waals surface area contributed by atoms with Crippen molar-refractivity contribution in [2.45, 2.75) is 25.7 Å². The van der Waals surface area contributed by atoms with Crippen molar-refractivity contribution in [3.05, 3.63) is 0 Å². The molecule has 0 unspecified atom stereocenters. The van der Waals surface area contributed by atoms with Crippen LogP contribution >= 0.6 is 0 Å². The number of piperidine rings is 1. The largest absolute Gasteiger partial charge is 0.356 e. The molecule has 0 radical (unpaired) electrons. The molecule has 0 bridgehead atoms. The first-order valence-corrected chi connectivity index (χ1v) is 4.32. The van der Waals surface area contributed by atoms with E-state index < -0.39 is 0 Å². The zero-order chi connectivity index (χ0) is 8.81. The maximum absolute atomic E-state index is 10.4. The lowest BCUT2D eigenvalue weighted by molar-refractivity contribution is -0.125. The summed E-state index contributed by atoms with van der Waals surface area (Å²) in [6, 6.07) is 0. The Morgan fingerprint density at radius 3 is 1.58 bits per heavy atom. The van der Waals surface area contributed by atoms with Gasteiger partial charge in [0.15, 0.2) is 0 Å². The molecule has 12 heavy (non-hydrogen) atoms. The van der Waals surface area contributed by atoms with Gasteiger partial charge in [0.2, 0.25) is 11.8 Å². The van der Waals surface area contributed by atoms with Gasteiger partial charge in [0.1, 0.15) is 0 Å². The Morgan fingerprint density at radius 2 is 1.42 bits per heavy atom. The van der Waals surface area contributed by atoms with Gasteiger partial charge in [0.05, 0.1) is 0 Å². The predicted molar refractivity (Wildman–Crippen MR) is 44.5 cm³/mol. The van der Waals surface area contributed by atoms with E-state index in [2.05, 4.69) is 10.6 Å². The van der Waals surface area contributed by atoms with Crippen LogP contribution in [-0.2, 0) is 9.59 Å². The average molecular weight is 170 g/mol. The molecule has 4 heteroatoms.